The van der Waals surface area contributed by atoms with E-state index in [9.17, 15) is 9.59 Å². The van der Waals surface area contributed by atoms with Gasteiger partial charge in [0.25, 0.3) is 11.8 Å². The van der Waals surface area contributed by atoms with Crippen LogP contribution in [0.25, 0.3) is 22.0 Å². The van der Waals surface area contributed by atoms with E-state index >= 15 is 0 Å². The fourth-order valence-corrected chi connectivity index (χ4v) is 4.17. The Morgan fingerprint density at radius 3 is 2.22 bits per heavy atom. The predicted molar refractivity (Wildman–Crippen MR) is 106 cm³/mol. The van der Waals surface area contributed by atoms with E-state index in [0.29, 0.717) is 11.1 Å². The van der Waals surface area contributed by atoms with Gasteiger partial charge in [-0.1, -0.05) is 48.5 Å². The number of benzene rings is 3. The minimum atomic E-state index is -0.252. The summed E-state index contributed by atoms with van der Waals surface area (Å²) in [5.74, 6) is -0.504. The van der Waals surface area contributed by atoms with Crippen LogP contribution in [0.2, 0.25) is 0 Å². The number of hydrogen-bond donors (Lipinski definition) is 0. The summed E-state index contributed by atoms with van der Waals surface area (Å²) in [6.07, 6.45) is 0. The molecule has 4 aromatic rings. The topological polar surface area (TPSA) is 50.3 Å². The molecule has 0 N–H and O–H groups in total. The lowest BCUT2D eigenvalue weighted by molar-refractivity contribution is 0.0642. The fraction of sp³-hybridized carbons (Fsp3) is 0.0455. The van der Waals surface area contributed by atoms with Gasteiger partial charge in [-0.15, -0.1) is 11.3 Å². The van der Waals surface area contributed by atoms with Gasteiger partial charge in [0.1, 0.15) is 5.01 Å². The average molecular weight is 370 g/mol. The van der Waals surface area contributed by atoms with Gasteiger partial charge in [0.2, 0.25) is 0 Å². The largest absolute Gasteiger partial charge is 0.269 e. The lowest BCUT2D eigenvalue weighted by Gasteiger charge is -2.11. The molecule has 1 aliphatic heterocycles. The zero-order valence-electron chi connectivity index (χ0n) is 14.3. The van der Waals surface area contributed by atoms with Crippen LogP contribution in [-0.4, -0.2) is 21.7 Å². The Balaban J connectivity index is 1.43. The van der Waals surface area contributed by atoms with Crippen LogP contribution in [0.15, 0.2) is 72.1 Å². The quantitative estimate of drug-likeness (QED) is 0.489. The van der Waals surface area contributed by atoms with Gasteiger partial charge in [-0.3, -0.25) is 14.5 Å². The van der Waals surface area contributed by atoms with Gasteiger partial charge in [0, 0.05) is 10.9 Å². The molecule has 3 aromatic carbocycles. The summed E-state index contributed by atoms with van der Waals surface area (Å²) in [7, 11) is 0. The van der Waals surface area contributed by atoms with Crippen LogP contribution < -0.4 is 0 Å². The van der Waals surface area contributed by atoms with Gasteiger partial charge >= 0.3 is 0 Å². The molecule has 2 heterocycles. The van der Waals surface area contributed by atoms with Crippen LogP contribution >= 0.6 is 11.3 Å². The lowest BCUT2D eigenvalue weighted by Crippen LogP contribution is -2.29. The van der Waals surface area contributed by atoms with E-state index in [1.807, 2.05) is 23.6 Å². The van der Waals surface area contributed by atoms with E-state index < -0.39 is 0 Å². The second-order valence-corrected chi connectivity index (χ2v) is 7.37. The Bertz CT molecular complexity index is 1180. The van der Waals surface area contributed by atoms with Crippen LogP contribution in [0.3, 0.4) is 0 Å². The van der Waals surface area contributed by atoms with Gasteiger partial charge in [-0.2, -0.15) is 0 Å². The zero-order chi connectivity index (χ0) is 18.4. The molecular weight excluding hydrogens is 356 g/mol. The van der Waals surface area contributed by atoms with E-state index in [-0.39, 0.29) is 18.4 Å². The number of carbonyl (C=O) groups excluding carboxylic acids is 2. The van der Waals surface area contributed by atoms with E-state index in [0.717, 1.165) is 21.7 Å². The number of hydrogen-bond acceptors (Lipinski definition) is 4. The van der Waals surface area contributed by atoms with Crippen LogP contribution in [0.5, 0.6) is 0 Å². The standard InChI is InChI=1S/C22H14N2O2S/c25-21-17-7-3-4-8-18(17)22(26)24(21)12-20-23-19(13-27-20)16-10-9-14-5-1-2-6-15(14)11-16/h1-11,13H,12H2. The number of aromatic nitrogens is 1. The highest BCUT2D eigenvalue weighted by atomic mass is 32.1. The predicted octanol–water partition coefficient (Wildman–Crippen LogP) is 4.76. The van der Waals surface area contributed by atoms with Crippen LogP contribution in [0, 0.1) is 0 Å². The third-order valence-electron chi connectivity index (χ3n) is 4.77. The molecule has 0 saturated carbocycles. The van der Waals surface area contributed by atoms with E-state index in [4.69, 9.17) is 0 Å². The summed E-state index contributed by atoms with van der Waals surface area (Å²) < 4.78 is 0. The molecule has 5 rings (SSSR count). The minimum Gasteiger partial charge on any atom is -0.269 e. The second kappa shape index (κ2) is 6.14. The van der Waals surface area contributed by atoms with Crippen molar-refractivity contribution in [3.63, 3.8) is 0 Å². The van der Waals surface area contributed by atoms with E-state index in [1.54, 1.807) is 24.3 Å². The maximum atomic E-state index is 12.5. The van der Waals surface area contributed by atoms with Crippen molar-refractivity contribution < 1.29 is 9.59 Å². The molecule has 0 bridgehead atoms. The Morgan fingerprint density at radius 1 is 0.815 bits per heavy atom. The maximum absolute atomic E-state index is 12.5. The number of fused-ring (bicyclic) bond motifs is 2. The number of carbonyl (C=O) groups is 2. The fourth-order valence-electron chi connectivity index (χ4n) is 3.38. The molecule has 130 valence electrons. The monoisotopic (exact) mass is 370 g/mol. The Hall–Kier alpha value is -3.31. The first-order chi connectivity index (χ1) is 13.2. The minimum absolute atomic E-state index is 0.199. The number of rotatable bonds is 3. The Morgan fingerprint density at radius 2 is 1.48 bits per heavy atom. The molecule has 0 spiro atoms. The van der Waals surface area contributed by atoms with Crippen LogP contribution in [-0.2, 0) is 6.54 Å². The summed E-state index contributed by atoms with van der Waals surface area (Å²) >= 11 is 1.46. The number of thiazole rings is 1. The summed E-state index contributed by atoms with van der Waals surface area (Å²) in [6, 6.07) is 21.3. The SMILES string of the molecule is O=C1c2ccccc2C(=O)N1Cc1nc(-c2ccc3ccccc3c2)cs1. The molecule has 0 aliphatic carbocycles. The summed E-state index contributed by atoms with van der Waals surface area (Å²) in [5.41, 5.74) is 2.82. The normalized spacial score (nSPS) is 13.4. The van der Waals surface area contributed by atoms with E-state index in [2.05, 4.69) is 29.2 Å². The first kappa shape index (κ1) is 15.9. The molecular formula is C22H14N2O2S. The van der Waals surface area contributed by atoms with Gasteiger partial charge in [-0.25, -0.2) is 4.98 Å². The van der Waals surface area contributed by atoms with Crippen LogP contribution in [0.4, 0.5) is 0 Å². The van der Waals surface area contributed by atoms with Gasteiger partial charge < -0.3 is 0 Å². The number of imide groups is 1. The lowest BCUT2D eigenvalue weighted by atomic mass is 10.1. The molecule has 1 aromatic heterocycles. The van der Waals surface area contributed by atoms with Gasteiger partial charge in [-0.05, 0) is 29.0 Å². The third kappa shape index (κ3) is 2.64. The van der Waals surface area contributed by atoms with Crippen molar-refractivity contribution >= 4 is 33.9 Å². The summed E-state index contributed by atoms with van der Waals surface area (Å²) in [5, 5.41) is 5.05. The number of nitrogens with zero attached hydrogens (tertiary/aromatic N) is 2. The number of amides is 2. The maximum Gasteiger partial charge on any atom is 0.261 e. The molecule has 0 unspecified atom stereocenters. The van der Waals surface area contributed by atoms with Gasteiger partial charge in [0.15, 0.2) is 0 Å². The molecule has 0 saturated heterocycles. The van der Waals surface area contributed by atoms with Crippen molar-refractivity contribution in [2.75, 3.05) is 0 Å². The van der Waals surface area contributed by atoms with Crippen molar-refractivity contribution in [2.24, 2.45) is 0 Å². The second-order valence-electron chi connectivity index (χ2n) is 6.43. The first-order valence-electron chi connectivity index (χ1n) is 8.59. The van der Waals surface area contributed by atoms with Crippen LogP contribution in [0.1, 0.15) is 25.7 Å². The molecule has 1 aliphatic rings. The highest BCUT2D eigenvalue weighted by molar-refractivity contribution is 7.10. The molecule has 4 nitrogen and oxygen atoms in total. The van der Waals surface area contributed by atoms with Crippen molar-refractivity contribution in [3.05, 3.63) is 88.2 Å². The van der Waals surface area contributed by atoms with Crippen molar-refractivity contribution in [3.8, 4) is 11.3 Å². The first-order valence-corrected chi connectivity index (χ1v) is 9.47. The van der Waals surface area contributed by atoms with Crippen molar-refractivity contribution in [1.29, 1.82) is 0 Å². The summed E-state index contributed by atoms with van der Waals surface area (Å²) in [6.45, 7) is 0.199. The van der Waals surface area contributed by atoms with E-state index in [1.165, 1.54) is 21.6 Å². The highest BCUT2D eigenvalue weighted by Crippen LogP contribution is 2.28. The average Bonchev–Trinajstić information content (AvgIpc) is 3.27. The Kier molecular flexibility index (Phi) is 3.62. The summed E-state index contributed by atoms with van der Waals surface area (Å²) in [4.78, 5) is 31.0. The van der Waals surface area contributed by atoms with Crippen molar-refractivity contribution in [2.45, 2.75) is 6.54 Å². The zero-order valence-corrected chi connectivity index (χ0v) is 15.1. The Labute approximate surface area is 159 Å². The molecule has 5 heteroatoms. The van der Waals surface area contributed by atoms with Gasteiger partial charge in [0.05, 0.1) is 23.4 Å². The molecule has 2 amide bonds. The van der Waals surface area contributed by atoms with Crippen molar-refractivity contribution in [1.82, 2.24) is 9.88 Å². The highest BCUT2D eigenvalue weighted by Gasteiger charge is 2.35. The molecule has 27 heavy (non-hydrogen) atoms. The molecule has 0 atom stereocenters. The smallest absolute Gasteiger partial charge is 0.261 e. The molecule has 0 radical (unpaired) electrons. The third-order valence-corrected chi connectivity index (χ3v) is 5.60. The molecule has 0 fully saturated rings.